The number of benzene rings is 3. The Labute approximate surface area is 186 Å². The predicted molar refractivity (Wildman–Crippen MR) is 125 cm³/mol. The number of hydrogen-bond acceptors (Lipinski definition) is 4. The molecule has 32 heavy (non-hydrogen) atoms. The maximum absolute atomic E-state index is 12.6. The maximum Gasteiger partial charge on any atom is 0.272 e. The molecule has 0 saturated heterocycles. The number of carbonyl (C=O) groups is 2. The van der Waals surface area contributed by atoms with Crippen LogP contribution in [0.3, 0.4) is 0 Å². The van der Waals surface area contributed by atoms with Crippen LogP contribution in [-0.4, -0.2) is 16.7 Å². The third-order valence-corrected chi connectivity index (χ3v) is 5.05. The van der Waals surface area contributed by atoms with Gasteiger partial charge >= 0.3 is 0 Å². The second-order valence-electron chi connectivity index (χ2n) is 8.57. The van der Waals surface area contributed by atoms with Gasteiger partial charge in [0.1, 0.15) is 0 Å². The molecule has 0 aliphatic carbocycles. The van der Waals surface area contributed by atoms with Crippen LogP contribution in [0.2, 0.25) is 0 Å². The standard InChI is InChI=1S/C25H25N3O4/c1-16-14-18(10-13-22(16)28(31)32)24(30)27-21-7-5-6-20(15-21)26-23(29)17-8-11-19(12-9-17)25(2,3)4/h5-15H,1-4H3,(H,26,29)(H,27,30). The van der Waals surface area contributed by atoms with E-state index < -0.39 is 10.8 Å². The molecule has 0 bridgehead atoms. The van der Waals surface area contributed by atoms with Crippen LogP contribution in [0.15, 0.2) is 66.7 Å². The number of nitro groups is 1. The van der Waals surface area contributed by atoms with Gasteiger partial charge in [-0.3, -0.25) is 19.7 Å². The highest BCUT2D eigenvalue weighted by Crippen LogP contribution is 2.23. The van der Waals surface area contributed by atoms with Crippen molar-refractivity contribution in [3.05, 3.63) is 99.1 Å². The molecule has 164 valence electrons. The van der Waals surface area contributed by atoms with Crippen molar-refractivity contribution in [3.63, 3.8) is 0 Å². The highest BCUT2D eigenvalue weighted by molar-refractivity contribution is 6.06. The first kappa shape index (κ1) is 22.7. The summed E-state index contributed by atoms with van der Waals surface area (Å²) >= 11 is 0. The first-order valence-electron chi connectivity index (χ1n) is 10.1. The molecule has 0 heterocycles. The second-order valence-corrected chi connectivity index (χ2v) is 8.57. The van der Waals surface area contributed by atoms with E-state index in [-0.39, 0.29) is 17.0 Å². The fraction of sp³-hybridized carbons (Fsp3) is 0.200. The summed E-state index contributed by atoms with van der Waals surface area (Å²) in [6.07, 6.45) is 0. The Morgan fingerprint density at radius 1 is 0.812 bits per heavy atom. The maximum atomic E-state index is 12.6. The normalized spacial score (nSPS) is 11.0. The number of carbonyl (C=O) groups excluding carboxylic acids is 2. The zero-order valence-electron chi connectivity index (χ0n) is 18.4. The van der Waals surface area contributed by atoms with Gasteiger partial charge in [0.25, 0.3) is 17.5 Å². The molecule has 0 atom stereocenters. The Bertz CT molecular complexity index is 1180. The number of rotatable bonds is 5. The van der Waals surface area contributed by atoms with Crippen molar-refractivity contribution in [3.8, 4) is 0 Å². The molecule has 0 fully saturated rings. The number of nitrogens with zero attached hydrogens (tertiary/aromatic N) is 1. The summed E-state index contributed by atoms with van der Waals surface area (Å²) < 4.78 is 0. The molecule has 7 heteroatoms. The van der Waals surface area contributed by atoms with Crippen molar-refractivity contribution in [2.24, 2.45) is 0 Å². The van der Waals surface area contributed by atoms with Gasteiger partial charge in [0.05, 0.1) is 4.92 Å². The zero-order chi connectivity index (χ0) is 23.5. The van der Waals surface area contributed by atoms with E-state index in [2.05, 4.69) is 31.4 Å². The fourth-order valence-corrected chi connectivity index (χ4v) is 3.20. The highest BCUT2D eigenvalue weighted by atomic mass is 16.6. The van der Waals surface area contributed by atoms with Crippen molar-refractivity contribution >= 4 is 28.9 Å². The van der Waals surface area contributed by atoms with Crippen molar-refractivity contribution in [2.75, 3.05) is 10.6 Å². The Kier molecular flexibility index (Phi) is 6.39. The minimum absolute atomic E-state index is 0.00373. The van der Waals surface area contributed by atoms with Gasteiger partial charge in [0.2, 0.25) is 0 Å². The van der Waals surface area contributed by atoms with Crippen molar-refractivity contribution in [2.45, 2.75) is 33.1 Å². The zero-order valence-corrected chi connectivity index (χ0v) is 18.4. The summed E-state index contributed by atoms with van der Waals surface area (Å²) in [5, 5.41) is 16.5. The number of amides is 2. The van der Waals surface area contributed by atoms with Crippen LogP contribution in [0.25, 0.3) is 0 Å². The molecule has 0 aliphatic heterocycles. The average Bonchev–Trinajstić information content (AvgIpc) is 2.73. The molecular weight excluding hydrogens is 406 g/mol. The number of nitrogens with one attached hydrogen (secondary N) is 2. The SMILES string of the molecule is Cc1cc(C(=O)Nc2cccc(NC(=O)c3ccc(C(C)(C)C)cc3)c2)ccc1[N+](=O)[O-]. The third-order valence-electron chi connectivity index (χ3n) is 5.05. The van der Waals surface area contributed by atoms with Gasteiger partial charge in [-0.15, -0.1) is 0 Å². The number of aryl methyl sites for hydroxylation is 1. The van der Waals surface area contributed by atoms with E-state index in [1.807, 2.05) is 12.1 Å². The van der Waals surface area contributed by atoms with Gasteiger partial charge in [-0.2, -0.15) is 0 Å². The minimum atomic E-state index is -0.486. The van der Waals surface area contributed by atoms with E-state index in [1.54, 1.807) is 43.3 Å². The van der Waals surface area contributed by atoms with E-state index in [0.717, 1.165) is 5.56 Å². The summed E-state index contributed by atoms with van der Waals surface area (Å²) in [5.41, 5.74) is 3.38. The Morgan fingerprint density at radius 2 is 1.34 bits per heavy atom. The number of anilines is 2. The smallest absolute Gasteiger partial charge is 0.272 e. The van der Waals surface area contributed by atoms with Crippen molar-refractivity contribution < 1.29 is 14.5 Å². The average molecular weight is 431 g/mol. The minimum Gasteiger partial charge on any atom is -0.322 e. The first-order valence-corrected chi connectivity index (χ1v) is 10.1. The van der Waals surface area contributed by atoms with Crippen molar-refractivity contribution in [1.82, 2.24) is 0 Å². The topological polar surface area (TPSA) is 101 Å². The molecule has 0 radical (unpaired) electrons. The Morgan fingerprint density at radius 3 is 1.84 bits per heavy atom. The van der Waals surface area contributed by atoms with Gasteiger partial charge in [0, 0.05) is 34.1 Å². The van der Waals surface area contributed by atoms with E-state index in [0.29, 0.717) is 28.1 Å². The molecule has 3 aromatic rings. The molecule has 2 N–H and O–H groups in total. The Hall–Kier alpha value is -4.00. The van der Waals surface area contributed by atoms with E-state index >= 15 is 0 Å². The van der Waals surface area contributed by atoms with E-state index in [9.17, 15) is 19.7 Å². The lowest BCUT2D eigenvalue weighted by Crippen LogP contribution is -2.15. The fourth-order valence-electron chi connectivity index (χ4n) is 3.20. The summed E-state index contributed by atoms with van der Waals surface area (Å²) in [7, 11) is 0. The molecule has 0 aromatic heterocycles. The molecule has 7 nitrogen and oxygen atoms in total. The van der Waals surface area contributed by atoms with Crippen molar-refractivity contribution in [1.29, 1.82) is 0 Å². The lowest BCUT2D eigenvalue weighted by Gasteiger charge is -2.19. The third kappa shape index (κ3) is 5.37. The molecule has 2 amide bonds. The second kappa shape index (κ2) is 9.01. The van der Waals surface area contributed by atoms with Gasteiger partial charge in [-0.1, -0.05) is 39.0 Å². The van der Waals surface area contributed by atoms with Gasteiger partial charge in [-0.05, 0) is 60.4 Å². The quantitative estimate of drug-likeness (QED) is 0.399. The van der Waals surface area contributed by atoms with E-state index in [1.165, 1.54) is 18.2 Å². The van der Waals surface area contributed by atoms with Crippen LogP contribution < -0.4 is 10.6 Å². The number of nitro benzene ring substituents is 1. The summed E-state index contributed by atoms with van der Waals surface area (Å²) in [5.74, 6) is -0.649. The largest absolute Gasteiger partial charge is 0.322 e. The van der Waals surface area contributed by atoms with Gasteiger partial charge < -0.3 is 10.6 Å². The summed E-state index contributed by atoms with van der Waals surface area (Å²) in [6.45, 7) is 7.92. The van der Waals surface area contributed by atoms with Gasteiger partial charge in [0.15, 0.2) is 0 Å². The predicted octanol–water partition coefficient (Wildman–Crippen LogP) is 5.71. The lowest BCUT2D eigenvalue weighted by molar-refractivity contribution is -0.385. The molecule has 0 saturated carbocycles. The van der Waals surface area contributed by atoms with Crippen LogP contribution >= 0.6 is 0 Å². The molecule has 3 aromatic carbocycles. The molecule has 3 rings (SSSR count). The first-order chi connectivity index (χ1) is 15.0. The van der Waals surface area contributed by atoms with Crippen LogP contribution in [0, 0.1) is 17.0 Å². The summed E-state index contributed by atoms with van der Waals surface area (Å²) in [6, 6.07) is 18.5. The van der Waals surface area contributed by atoms with Crippen LogP contribution in [0.4, 0.5) is 17.1 Å². The molecule has 0 spiro atoms. The summed E-state index contributed by atoms with van der Waals surface area (Å²) in [4.78, 5) is 35.6. The van der Waals surface area contributed by atoms with Gasteiger partial charge in [-0.25, -0.2) is 0 Å². The van der Waals surface area contributed by atoms with E-state index in [4.69, 9.17) is 0 Å². The van der Waals surface area contributed by atoms with Crippen LogP contribution in [0.5, 0.6) is 0 Å². The molecular formula is C25H25N3O4. The molecule has 0 aliphatic rings. The Balaban J connectivity index is 1.70. The highest BCUT2D eigenvalue weighted by Gasteiger charge is 2.16. The lowest BCUT2D eigenvalue weighted by atomic mass is 9.87. The number of hydrogen-bond donors (Lipinski definition) is 2. The molecule has 0 unspecified atom stereocenters. The van der Waals surface area contributed by atoms with Crippen LogP contribution in [-0.2, 0) is 5.41 Å². The van der Waals surface area contributed by atoms with Crippen LogP contribution in [0.1, 0.15) is 52.6 Å². The monoisotopic (exact) mass is 431 g/mol.